The van der Waals surface area contributed by atoms with E-state index in [1.807, 2.05) is 13.8 Å². The van der Waals surface area contributed by atoms with E-state index in [0.29, 0.717) is 25.9 Å². The summed E-state index contributed by atoms with van der Waals surface area (Å²) in [6.45, 7) is 7.20. The largest absolute Gasteiger partial charge is 0.342 e. The van der Waals surface area contributed by atoms with Gasteiger partial charge in [-0.2, -0.15) is 5.26 Å². The third kappa shape index (κ3) is 5.21. The van der Waals surface area contributed by atoms with Gasteiger partial charge in [-0.25, -0.2) is 0 Å². The molecule has 0 aromatic heterocycles. The quantitative estimate of drug-likeness (QED) is 0.771. The summed E-state index contributed by atoms with van der Waals surface area (Å²) in [5.74, 6) is -0.159. The van der Waals surface area contributed by atoms with Gasteiger partial charge in [-0.1, -0.05) is 19.3 Å². The van der Waals surface area contributed by atoms with Crippen molar-refractivity contribution in [1.82, 2.24) is 15.1 Å². The number of hydrogen-bond acceptors (Lipinski definition) is 4. The Morgan fingerprint density at radius 2 is 1.78 bits per heavy atom. The van der Waals surface area contributed by atoms with Crippen molar-refractivity contribution in [3.63, 3.8) is 0 Å². The van der Waals surface area contributed by atoms with Crippen molar-refractivity contribution in [2.75, 3.05) is 26.7 Å². The Kier molecular flexibility index (Phi) is 7.50. The maximum Gasteiger partial charge on any atom is 0.238 e. The number of likely N-dealkylation sites (N-methyl/N-ethyl adjacent to an activating group) is 2. The van der Waals surface area contributed by atoms with Gasteiger partial charge in [0.2, 0.25) is 11.8 Å². The molecule has 0 spiro atoms. The third-order valence-electron chi connectivity index (χ3n) is 4.83. The van der Waals surface area contributed by atoms with Gasteiger partial charge in [0.05, 0.1) is 18.7 Å². The number of nitrogens with one attached hydrogen (secondary N) is 1. The molecule has 0 saturated heterocycles. The number of amides is 2. The summed E-state index contributed by atoms with van der Waals surface area (Å²) in [6.07, 6.45) is 4.48. The van der Waals surface area contributed by atoms with Crippen LogP contribution in [-0.4, -0.2) is 59.9 Å². The Hall–Kier alpha value is -1.61. The average Bonchev–Trinajstić information content (AvgIpc) is 2.55. The van der Waals surface area contributed by atoms with Crippen LogP contribution in [0.5, 0.6) is 0 Å². The van der Waals surface area contributed by atoms with Gasteiger partial charge in [0, 0.05) is 13.1 Å². The fraction of sp³-hybridized carbons (Fsp3) is 0.824. The van der Waals surface area contributed by atoms with Gasteiger partial charge < -0.3 is 10.2 Å². The molecule has 1 aliphatic rings. The molecule has 1 N–H and O–H groups in total. The van der Waals surface area contributed by atoms with Crippen molar-refractivity contribution in [3.8, 4) is 6.07 Å². The molecule has 0 aliphatic heterocycles. The third-order valence-corrected chi connectivity index (χ3v) is 4.83. The molecular weight excluding hydrogens is 292 g/mol. The van der Waals surface area contributed by atoms with E-state index >= 15 is 0 Å². The highest BCUT2D eigenvalue weighted by Crippen LogP contribution is 2.27. The monoisotopic (exact) mass is 322 g/mol. The molecule has 2 amide bonds. The molecule has 1 unspecified atom stereocenters. The lowest BCUT2D eigenvalue weighted by atomic mass is 9.82. The van der Waals surface area contributed by atoms with Gasteiger partial charge in [0.25, 0.3) is 0 Å². The van der Waals surface area contributed by atoms with Gasteiger partial charge in [-0.3, -0.25) is 14.5 Å². The zero-order valence-electron chi connectivity index (χ0n) is 14.9. The second-order valence-electron chi connectivity index (χ2n) is 6.40. The first-order chi connectivity index (χ1) is 10.9. The molecule has 0 bridgehead atoms. The number of nitrogens with zero attached hydrogens (tertiary/aromatic N) is 3. The standard InChI is InChI=1S/C17H30N4O2/c1-5-21(6-2)15(22)12-20(4)14(3)16(23)19-17(13-18)10-8-7-9-11-17/h14H,5-12H2,1-4H3,(H,19,23). The fourth-order valence-corrected chi connectivity index (χ4v) is 2.99. The second-order valence-corrected chi connectivity index (χ2v) is 6.40. The summed E-state index contributed by atoms with van der Waals surface area (Å²) in [7, 11) is 1.77. The maximum atomic E-state index is 12.5. The lowest BCUT2D eigenvalue weighted by Gasteiger charge is -2.34. The van der Waals surface area contributed by atoms with Crippen LogP contribution >= 0.6 is 0 Å². The minimum atomic E-state index is -0.729. The van der Waals surface area contributed by atoms with E-state index in [1.165, 1.54) is 0 Å². The van der Waals surface area contributed by atoms with Gasteiger partial charge in [0.1, 0.15) is 5.54 Å². The fourth-order valence-electron chi connectivity index (χ4n) is 2.99. The van der Waals surface area contributed by atoms with E-state index in [9.17, 15) is 14.9 Å². The van der Waals surface area contributed by atoms with Crippen LogP contribution in [0.2, 0.25) is 0 Å². The molecule has 6 nitrogen and oxygen atoms in total. The highest BCUT2D eigenvalue weighted by atomic mass is 16.2. The van der Waals surface area contributed by atoms with Crippen LogP contribution in [0.3, 0.4) is 0 Å². The van der Waals surface area contributed by atoms with E-state index in [-0.39, 0.29) is 18.4 Å². The Morgan fingerprint density at radius 3 is 2.26 bits per heavy atom. The molecule has 6 heteroatoms. The maximum absolute atomic E-state index is 12.5. The Morgan fingerprint density at radius 1 is 1.22 bits per heavy atom. The first kappa shape index (κ1) is 19.4. The Bertz CT molecular complexity index is 448. The van der Waals surface area contributed by atoms with Crippen molar-refractivity contribution in [2.45, 2.75) is 64.5 Å². The molecule has 0 heterocycles. The van der Waals surface area contributed by atoms with Crippen molar-refractivity contribution in [2.24, 2.45) is 0 Å². The van der Waals surface area contributed by atoms with Crippen LogP contribution in [-0.2, 0) is 9.59 Å². The number of carbonyl (C=O) groups excluding carboxylic acids is 2. The van der Waals surface area contributed by atoms with E-state index < -0.39 is 11.6 Å². The van der Waals surface area contributed by atoms with Crippen LogP contribution in [0, 0.1) is 11.3 Å². The number of carbonyl (C=O) groups is 2. The van der Waals surface area contributed by atoms with Gasteiger partial charge in [0.15, 0.2) is 0 Å². The molecule has 1 saturated carbocycles. The molecule has 1 aliphatic carbocycles. The van der Waals surface area contributed by atoms with E-state index in [0.717, 1.165) is 19.3 Å². The second kappa shape index (κ2) is 8.88. The molecule has 0 aromatic rings. The lowest BCUT2D eigenvalue weighted by molar-refractivity contribution is -0.134. The molecule has 1 atom stereocenters. The van der Waals surface area contributed by atoms with Crippen molar-refractivity contribution in [3.05, 3.63) is 0 Å². The summed E-state index contributed by atoms with van der Waals surface area (Å²) in [4.78, 5) is 28.1. The number of nitriles is 1. The molecule has 1 rings (SSSR count). The first-order valence-electron chi connectivity index (χ1n) is 8.60. The molecule has 23 heavy (non-hydrogen) atoms. The van der Waals surface area contributed by atoms with Crippen LogP contribution in [0.4, 0.5) is 0 Å². The summed E-state index contributed by atoms with van der Waals surface area (Å²) < 4.78 is 0. The highest BCUT2D eigenvalue weighted by molar-refractivity contribution is 5.84. The number of hydrogen-bond donors (Lipinski definition) is 1. The first-order valence-corrected chi connectivity index (χ1v) is 8.60. The van der Waals surface area contributed by atoms with Crippen molar-refractivity contribution >= 4 is 11.8 Å². The lowest BCUT2D eigenvalue weighted by Crippen LogP contribution is -2.55. The molecular formula is C17H30N4O2. The summed E-state index contributed by atoms with van der Waals surface area (Å²) in [5.41, 5.74) is -0.729. The highest BCUT2D eigenvalue weighted by Gasteiger charge is 2.35. The Balaban J connectivity index is 2.61. The minimum absolute atomic E-state index is 0.0183. The van der Waals surface area contributed by atoms with Crippen molar-refractivity contribution in [1.29, 1.82) is 5.26 Å². The Labute approximate surface area is 139 Å². The smallest absolute Gasteiger partial charge is 0.238 e. The average molecular weight is 322 g/mol. The number of rotatable bonds is 7. The van der Waals surface area contributed by atoms with E-state index in [1.54, 1.807) is 23.8 Å². The van der Waals surface area contributed by atoms with Crippen molar-refractivity contribution < 1.29 is 9.59 Å². The van der Waals surface area contributed by atoms with E-state index in [4.69, 9.17) is 0 Å². The molecule has 0 radical (unpaired) electrons. The minimum Gasteiger partial charge on any atom is -0.342 e. The van der Waals surface area contributed by atoms with Gasteiger partial charge in [-0.05, 0) is 40.7 Å². The van der Waals surface area contributed by atoms with E-state index in [2.05, 4.69) is 11.4 Å². The predicted octanol–water partition coefficient (Wildman–Crippen LogP) is 1.52. The molecule has 130 valence electrons. The van der Waals surface area contributed by atoms with Crippen LogP contribution in [0.15, 0.2) is 0 Å². The van der Waals surface area contributed by atoms with Gasteiger partial charge >= 0.3 is 0 Å². The van der Waals surface area contributed by atoms with Crippen LogP contribution in [0.25, 0.3) is 0 Å². The summed E-state index contributed by atoms with van der Waals surface area (Å²) in [6, 6.07) is 1.85. The zero-order chi connectivity index (χ0) is 17.5. The predicted molar refractivity (Wildman–Crippen MR) is 89.6 cm³/mol. The SMILES string of the molecule is CCN(CC)C(=O)CN(C)C(C)C(=O)NC1(C#N)CCCCC1. The van der Waals surface area contributed by atoms with Crippen LogP contribution < -0.4 is 5.32 Å². The molecule has 1 fully saturated rings. The van der Waals surface area contributed by atoms with Crippen LogP contribution in [0.1, 0.15) is 52.9 Å². The van der Waals surface area contributed by atoms with Gasteiger partial charge in [-0.15, -0.1) is 0 Å². The molecule has 0 aromatic carbocycles. The normalized spacial score (nSPS) is 18.1. The summed E-state index contributed by atoms with van der Waals surface area (Å²) in [5, 5.41) is 12.4. The summed E-state index contributed by atoms with van der Waals surface area (Å²) >= 11 is 0. The zero-order valence-corrected chi connectivity index (χ0v) is 14.9. The topological polar surface area (TPSA) is 76.4 Å².